The second-order valence-electron chi connectivity index (χ2n) is 7.34. The van der Waals surface area contributed by atoms with Crippen molar-refractivity contribution in [3.8, 4) is 23.0 Å². The lowest BCUT2D eigenvalue weighted by atomic mass is 9.94. The highest BCUT2D eigenvalue weighted by Gasteiger charge is 2.46. The molecule has 1 amide bonds. The molecule has 3 rings (SSSR count). The van der Waals surface area contributed by atoms with Crippen LogP contribution in [0.4, 0.5) is 0 Å². The van der Waals surface area contributed by atoms with E-state index in [0.717, 1.165) is 0 Å². The zero-order valence-corrected chi connectivity index (χ0v) is 19.0. The first-order valence-corrected chi connectivity index (χ1v) is 10.2. The second-order valence-corrected chi connectivity index (χ2v) is 7.34. The zero-order valence-electron chi connectivity index (χ0n) is 19.0. The summed E-state index contributed by atoms with van der Waals surface area (Å²) in [6.07, 6.45) is 0.480. The van der Waals surface area contributed by atoms with Gasteiger partial charge in [0, 0.05) is 26.3 Å². The van der Waals surface area contributed by atoms with E-state index < -0.39 is 17.7 Å². The van der Waals surface area contributed by atoms with Crippen LogP contribution in [-0.2, 0) is 14.3 Å². The maximum Gasteiger partial charge on any atom is 0.295 e. The number of aliphatic hydroxyl groups is 1. The van der Waals surface area contributed by atoms with Crippen LogP contribution < -0.4 is 14.2 Å². The molecule has 1 aliphatic rings. The smallest absolute Gasteiger partial charge is 0.295 e. The van der Waals surface area contributed by atoms with Crippen molar-refractivity contribution in [1.29, 1.82) is 0 Å². The molecule has 0 spiro atoms. The van der Waals surface area contributed by atoms with Crippen molar-refractivity contribution in [3.05, 3.63) is 53.1 Å². The molecule has 1 heterocycles. The molecule has 1 saturated heterocycles. The van der Waals surface area contributed by atoms with Crippen LogP contribution >= 0.6 is 0 Å². The van der Waals surface area contributed by atoms with Crippen molar-refractivity contribution in [2.75, 3.05) is 41.6 Å². The lowest BCUT2D eigenvalue weighted by Gasteiger charge is -2.25. The maximum absolute atomic E-state index is 13.1. The van der Waals surface area contributed by atoms with Gasteiger partial charge in [0.2, 0.25) is 0 Å². The van der Waals surface area contributed by atoms with Crippen LogP contribution in [0.3, 0.4) is 0 Å². The van der Waals surface area contributed by atoms with Gasteiger partial charge in [-0.1, -0.05) is 6.07 Å². The average Bonchev–Trinajstić information content (AvgIpc) is 3.08. The van der Waals surface area contributed by atoms with Gasteiger partial charge in [0.25, 0.3) is 11.7 Å². The van der Waals surface area contributed by atoms with Gasteiger partial charge in [0.05, 0.1) is 38.5 Å². The van der Waals surface area contributed by atoms with Crippen LogP contribution in [0.15, 0.2) is 42.0 Å². The molecule has 0 bridgehead atoms. The van der Waals surface area contributed by atoms with Crippen molar-refractivity contribution in [3.63, 3.8) is 0 Å². The summed E-state index contributed by atoms with van der Waals surface area (Å²) in [4.78, 5) is 27.4. The number of amides is 1. The van der Waals surface area contributed by atoms with Crippen molar-refractivity contribution < 1.29 is 38.7 Å². The number of carbonyl (C=O) groups excluding carboxylic acids is 2. The molecule has 0 aliphatic carbocycles. The van der Waals surface area contributed by atoms with E-state index in [0.29, 0.717) is 24.3 Å². The van der Waals surface area contributed by atoms with Crippen LogP contribution in [0.1, 0.15) is 23.6 Å². The standard InChI is InChI=1S/C24H27NO8/c1-30-11-5-10-25-21(14-6-9-18(32-3)17(26)12-14)20(23(28)24(25)29)22(27)16-8-7-15(31-2)13-19(16)33-4/h6-9,12-13,21,26-27H,5,10-11H2,1-4H3/b22-20-. The number of ether oxygens (including phenoxy) is 4. The Balaban J connectivity index is 2.19. The number of Topliss-reactive ketones (excluding diaryl/α,β-unsaturated/α-hetero) is 1. The maximum atomic E-state index is 13.1. The van der Waals surface area contributed by atoms with E-state index in [4.69, 9.17) is 18.9 Å². The summed E-state index contributed by atoms with van der Waals surface area (Å²) >= 11 is 0. The molecule has 1 aliphatic heterocycles. The highest BCUT2D eigenvalue weighted by Crippen LogP contribution is 2.43. The van der Waals surface area contributed by atoms with Crippen LogP contribution in [0, 0.1) is 0 Å². The number of aliphatic hydroxyl groups excluding tert-OH is 1. The molecule has 0 aromatic heterocycles. The summed E-state index contributed by atoms with van der Waals surface area (Å²) in [7, 11) is 5.88. The van der Waals surface area contributed by atoms with Crippen LogP contribution in [0.5, 0.6) is 23.0 Å². The van der Waals surface area contributed by atoms with Gasteiger partial charge in [-0.2, -0.15) is 0 Å². The molecule has 0 radical (unpaired) electrons. The summed E-state index contributed by atoms with van der Waals surface area (Å²) < 4.78 is 20.7. The summed E-state index contributed by atoms with van der Waals surface area (Å²) in [5, 5.41) is 21.5. The van der Waals surface area contributed by atoms with Crippen molar-refractivity contribution in [2.24, 2.45) is 0 Å². The topological polar surface area (TPSA) is 115 Å². The lowest BCUT2D eigenvalue weighted by Crippen LogP contribution is -2.31. The molecule has 1 fully saturated rings. The molecule has 33 heavy (non-hydrogen) atoms. The zero-order chi connectivity index (χ0) is 24.1. The fourth-order valence-corrected chi connectivity index (χ4v) is 3.85. The van der Waals surface area contributed by atoms with Crippen molar-refractivity contribution in [1.82, 2.24) is 4.90 Å². The number of carbonyl (C=O) groups is 2. The first-order chi connectivity index (χ1) is 15.9. The quantitative estimate of drug-likeness (QED) is 0.256. The van der Waals surface area contributed by atoms with E-state index in [-0.39, 0.29) is 40.7 Å². The fraction of sp³-hybridized carbons (Fsp3) is 0.333. The molecule has 0 saturated carbocycles. The normalized spacial score (nSPS) is 17.3. The highest BCUT2D eigenvalue weighted by molar-refractivity contribution is 6.46. The van der Waals surface area contributed by atoms with Gasteiger partial charge < -0.3 is 34.1 Å². The Morgan fingerprint density at radius 2 is 1.70 bits per heavy atom. The minimum Gasteiger partial charge on any atom is -0.507 e. The Labute approximate surface area is 191 Å². The number of ketones is 1. The Hall–Kier alpha value is -3.72. The number of phenols is 1. The van der Waals surface area contributed by atoms with Gasteiger partial charge in [-0.15, -0.1) is 0 Å². The van der Waals surface area contributed by atoms with Crippen LogP contribution in [0.25, 0.3) is 5.76 Å². The van der Waals surface area contributed by atoms with Crippen LogP contribution in [-0.4, -0.2) is 68.4 Å². The van der Waals surface area contributed by atoms with Crippen LogP contribution in [0.2, 0.25) is 0 Å². The number of aromatic hydroxyl groups is 1. The molecule has 176 valence electrons. The van der Waals surface area contributed by atoms with E-state index in [1.807, 2.05) is 0 Å². The second kappa shape index (κ2) is 10.3. The number of hydrogen-bond donors (Lipinski definition) is 2. The SMILES string of the molecule is COCCCN1C(=O)C(=O)/C(=C(\O)c2ccc(OC)cc2OC)C1c1ccc(OC)c(O)c1. The third-order valence-corrected chi connectivity index (χ3v) is 5.47. The number of rotatable bonds is 9. The lowest BCUT2D eigenvalue weighted by molar-refractivity contribution is -0.140. The predicted octanol–water partition coefficient (Wildman–Crippen LogP) is 2.88. The van der Waals surface area contributed by atoms with Gasteiger partial charge in [0.1, 0.15) is 17.3 Å². The molecule has 9 heteroatoms. The summed E-state index contributed by atoms with van der Waals surface area (Å²) in [6, 6.07) is 8.39. The molecular formula is C24H27NO8. The number of likely N-dealkylation sites (tertiary alicyclic amines) is 1. The Morgan fingerprint density at radius 3 is 2.30 bits per heavy atom. The summed E-state index contributed by atoms with van der Waals surface area (Å²) in [5.41, 5.74) is 0.570. The van der Waals surface area contributed by atoms with Gasteiger partial charge in [-0.25, -0.2) is 0 Å². The summed E-state index contributed by atoms with van der Waals surface area (Å²) in [5.74, 6) is -1.11. The molecule has 9 nitrogen and oxygen atoms in total. The first-order valence-electron chi connectivity index (χ1n) is 10.2. The third kappa shape index (κ3) is 4.58. The molecule has 1 unspecified atom stereocenters. The summed E-state index contributed by atoms with van der Waals surface area (Å²) in [6.45, 7) is 0.599. The molecular weight excluding hydrogens is 430 g/mol. The molecule has 2 aromatic rings. The number of hydrogen-bond acceptors (Lipinski definition) is 8. The van der Waals surface area contributed by atoms with Crippen molar-refractivity contribution >= 4 is 17.4 Å². The third-order valence-electron chi connectivity index (χ3n) is 5.47. The molecule has 2 aromatic carbocycles. The highest BCUT2D eigenvalue weighted by atomic mass is 16.5. The van der Waals surface area contributed by atoms with Gasteiger partial charge >= 0.3 is 0 Å². The first kappa shape index (κ1) is 23.9. The van der Waals surface area contributed by atoms with E-state index in [1.165, 1.54) is 38.4 Å². The van der Waals surface area contributed by atoms with E-state index in [9.17, 15) is 19.8 Å². The minimum absolute atomic E-state index is 0.106. The number of phenolic OH excluding ortho intramolecular Hbond substituents is 1. The number of methoxy groups -OCH3 is 4. The average molecular weight is 457 g/mol. The minimum atomic E-state index is -0.925. The van der Waals surface area contributed by atoms with Gasteiger partial charge in [-0.3, -0.25) is 9.59 Å². The predicted molar refractivity (Wildman–Crippen MR) is 120 cm³/mol. The Morgan fingerprint density at radius 1 is 0.970 bits per heavy atom. The Bertz CT molecular complexity index is 1080. The van der Waals surface area contributed by atoms with E-state index >= 15 is 0 Å². The van der Waals surface area contributed by atoms with Gasteiger partial charge in [0.15, 0.2) is 11.5 Å². The number of benzene rings is 2. The largest absolute Gasteiger partial charge is 0.507 e. The molecule has 2 N–H and O–H groups in total. The monoisotopic (exact) mass is 457 g/mol. The van der Waals surface area contributed by atoms with Gasteiger partial charge in [-0.05, 0) is 36.2 Å². The van der Waals surface area contributed by atoms with E-state index in [1.54, 1.807) is 31.4 Å². The Kier molecular flexibility index (Phi) is 7.44. The molecule has 1 atom stereocenters. The van der Waals surface area contributed by atoms with E-state index in [2.05, 4.69) is 0 Å². The van der Waals surface area contributed by atoms with Crippen molar-refractivity contribution in [2.45, 2.75) is 12.5 Å². The fourth-order valence-electron chi connectivity index (χ4n) is 3.85. The number of nitrogens with zero attached hydrogens (tertiary/aromatic N) is 1.